The summed E-state index contributed by atoms with van der Waals surface area (Å²) >= 11 is 0. The molecule has 0 radical (unpaired) electrons. The second kappa shape index (κ2) is 8.92. The van der Waals surface area contributed by atoms with Crippen LogP contribution in [0.15, 0.2) is 42.5 Å². The number of nitrogens with zero attached hydrogens (tertiary/aromatic N) is 3. The highest BCUT2D eigenvalue weighted by atomic mass is 16.3. The number of aromatic nitrogens is 2. The first-order chi connectivity index (χ1) is 14.9. The normalized spacial score (nSPS) is 14.9. The lowest BCUT2D eigenvalue weighted by molar-refractivity contribution is -0.122. The number of anilines is 1. The first-order valence-corrected chi connectivity index (χ1v) is 11.0. The third-order valence-corrected chi connectivity index (χ3v) is 5.73. The van der Waals surface area contributed by atoms with E-state index < -0.39 is 0 Å². The molecule has 6 nitrogen and oxygen atoms in total. The van der Waals surface area contributed by atoms with Crippen LogP contribution in [0.2, 0.25) is 0 Å². The molecule has 0 unspecified atom stereocenters. The zero-order valence-electron chi connectivity index (χ0n) is 18.4. The number of piperidine rings is 1. The monoisotopic (exact) mass is 418 g/mol. The van der Waals surface area contributed by atoms with Crippen molar-refractivity contribution in [3.05, 3.63) is 48.0 Å². The Balaban J connectivity index is 1.62. The second-order valence-electron chi connectivity index (χ2n) is 8.84. The van der Waals surface area contributed by atoms with E-state index in [4.69, 9.17) is 9.97 Å². The van der Waals surface area contributed by atoms with Crippen LogP contribution in [0.3, 0.4) is 0 Å². The van der Waals surface area contributed by atoms with Crippen LogP contribution in [-0.4, -0.2) is 40.1 Å². The number of para-hydroxylation sites is 1. The van der Waals surface area contributed by atoms with Gasteiger partial charge in [-0.2, -0.15) is 0 Å². The van der Waals surface area contributed by atoms with E-state index in [1.54, 1.807) is 12.1 Å². The fraction of sp³-hybridized carbons (Fsp3) is 0.400. The van der Waals surface area contributed by atoms with Crippen molar-refractivity contribution >= 4 is 22.6 Å². The summed E-state index contributed by atoms with van der Waals surface area (Å²) in [4.78, 5) is 24.0. The van der Waals surface area contributed by atoms with Crippen LogP contribution >= 0.6 is 0 Å². The summed E-state index contributed by atoms with van der Waals surface area (Å²) in [6.07, 6.45) is 2.33. The Bertz CT molecular complexity index is 1090. The molecule has 4 rings (SSSR count). The van der Waals surface area contributed by atoms with Gasteiger partial charge >= 0.3 is 0 Å². The molecule has 2 aromatic carbocycles. The topological polar surface area (TPSA) is 78.4 Å². The van der Waals surface area contributed by atoms with Crippen molar-refractivity contribution < 1.29 is 9.90 Å². The molecule has 0 saturated carbocycles. The van der Waals surface area contributed by atoms with Crippen molar-refractivity contribution in [2.75, 3.05) is 18.0 Å². The standard InChI is InChI=1S/C25H30N4O2/c1-16(2)14-23(31)26-18-10-12-29(13-11-18)25-19-9-8-17(3)15-21(19)27-24(28-25)20-6-4-5-7-22(20)30/h4-9,15-16,18,30H,10-14H2,1-3H3,(H,26,31). The number of carbonyl (C=O) groups is 1. The van der Waals surface area contributed by atoms with Gasteiger partial charge < -0.3 is 15.3 Å². The summed E-state index contributed by atoms with van der Waals surface area (Å²) in [5.74, 6) is 2.09. The van der Waals surface area contributed by atoms with Gasteiger partial charge in [-0.15, -0.1) is 0 Å². The van der Waals surface area contributed by atoms with Crippen molar-refractivity contribution in [2.45, 2.75) is 46.1 Å². The first kappa shape index (κ1) is 21.1. The number of aryl methyl sites for hydroxylation is 1. The van der Waals surface area contributed by atoms with Gasteiger partial charge in [-0.1, -0.05) is 32.0 Å². The average Bonchev–Trinajstić information content (AvgIpc) is 2.73. The fourth-order valence-electron chi connectivity index (χ4n) is 4.14. The highest BCUT2D eigenvalue weighted by molar-refractivity contribution is 5.92. The molecular formula is C25H30N4O2. The van der Waals surface area contributed by atoms with Crippen molar-refractivity contribution in [1.82, 2.24) is 15.3 Å². The minimum Gasteiger partial charge on any atom is -0.507 e. The molecule has 1 aliphatic heterocycles. The number of rotatable bonds is 5. The van der Waals surface area contributed by atoms with Crippen LogP contribution in [0.4, 0.5) is 5.82 Å². The lowest BCUT2D eigenvalue weighted by atomic mass is 10.0. The summed E-state index contributed by atoms with van der Waals surface area (Å²) in [6.45, 7) is 7.80. The lowest BCUT2D eigenvalue weighted by Gasteiger charge is -2.34. The lowest BCUT2D eigenvalue weighted by Crippen LogP contribution is -2.45. The highest BCUT2D eigenvalue weighted by Gasteiger charge is 2.24. The van der Waals surface area contributed by atoms with Crippen LogP contribution in [0.5, 0.6) is 5.75 Å². The molecule has 0 aliphatic carbocycles. The molecule has 1 fully saturated rings. The van der Waals surface area contributed by atoms with E-state index >= 15 is 0 Å². The molecule has 31 heavy (non-hydrogen) atoms. The number of fused-ring (bicyclic) bond motifs is 1. The maximum absolute atomic E-state index is 12.1. The van der Waals surface area contributed by atoms with Gasteiger partial charge in [-0.05, 0) is 55.5 Å². The third-order valence-electron chi connectivity index (χ3n) is 5.73. The number of phenolic OH excluding ortho intramolecular Hbond substituents is 1. The van der Waals surface area contributed by atoms with Crippen LogP contribution in [0.25, 0.3) is 22.3 Å². The fourth-order valence-corrected chi connectivity index (χ4v) is 4.14. The molecule has 0 atom stereocenters. The van der Waals surface area contributed by atoms with Crippen molar-refractivity contribution in [3.63, 3.8) is 0 Å². The summed E-state index contributed by atoms with van der Waals surface area (Å²) in [5, 5.41) is 14.5. The largest absolute Gasteiger partial charge is 0.507 e. The molecule has 0 spiro atoms. The predicted molar refractivity (Wildman–Crippen MR) is 124 cm³/mol. The maximum atomic E-state index is 12.1. The molecule has 1 aliphatic rings. The Kier molecular flexibility index (Phi) is 6.07. The zero-order chi connectivity index (χ0) is 22.0. The number of hydrogen-bond acceptors (Lipinski definition) is 5. The van der Waals surface area contributed by atoms with Gasteiger partial charge in [0.1, 0.15) is 11.6 Å². The summed E-state index contributed by atoms with van der Waals surface area (Å²) < 4.78 is 0. The smallest absolute Gasteiger partial charge is 0.220 e. The van der Waals surface area contributed by atoms with Gasteiger partial charge in [-0.3, -0.25) is 4.79 Å². The maximum Gasteiger partial charge on any atom is 0.220 e. The molecule has 1 amide bonds. The van der Waals surface area contributed by atoms with E-state index in [1.807, 2.05) is 19.1 Å². The molecular weight excluding hydrogens is 388 g/mol. The number of hydrogen-bond donors (Lipinski definition) is 2. The van der Waals surface area contributed by atoms with Gasteiger partial charge in [-0.25, -0.2) is 9.97 Å². The number of benzene rings is 2. The number of aromatic hydroxyl groups is 1. The van der Waals surface area contributed by atoms with E-state index in [0.29, 0.717) is 23.7 Å². The van der Waals surface area contributed by atoms with Crippen LogP contribution in [0, 0.1) is 12.8 Å². The van der Waals surface area contributed by atoms with Crippen LogP contribution < -0.4 is 10.2 Å². The molecule has 2 heterocycles. The molecule has 162 valence electrons. The molecule has 6 heteroatoms. The summed E-state index contributed by atoms with van der Waals surface area (Å²) in [5.41, 5.74) is 2.63. The van der Waals surface area contributed by atoms with Crippen LogP contribution in [-0.2, 0) is 4.79 Å². The van der Waals surface area contributed by atoms with E-state index in [-0.39, 0.29) is 17.7 Å². The number of nitrogens with one attached hydrogen (secondary N) is 1. The second-order valence-corrected chi connectivity index (χ2v) is 8.84. The minimum absolute atomic E-state index is 0.137. The minimum atomic E-state index is 0.137. The Morgan fingerprint density at radius 3 is 2.61 bits per heavy atom. The SMILES string of the molecule is Cc1ccc2c(N3CCC(NC(=O)CC(C)C)CC3)nc(-c3ccccc3O)nc2c1. The number of carbonyl (C=O) groups excluding carboxylic acids is 1. The van der Waals surface area contributed by atoms with E-state index in [0.717, 1.165) is 48.2 Å². The first-order valence-electron chi connectivity index (χ1n) is 11.0. The van der Waals surface area contributed by atoms with Gasteiger partial charge in [0.25, 0.3) is 0 Å². The number of amides is 1. The average molecular weight is 419 g/mol. The Labute approximate surface area is 183 Å². The molecule has 2 N–H and O–H groups in total. The molecule has 3 aromatic rings. The van der Waals surface area contributed by atoms with E-state index in [2.05, 4.69) is 42.3 Å². The highest BCUT2D eigenvalue weighted by Crippen LogP contribution is 2.33. The Morgan fingerprint density at radius 2 is 1.90 bits per heavy atom. The van der Waals surface area contributed by atoms with Crippen molar-refractivity contribution in [2.24, 2.45) is 5.92 Å². The Hall–Kier alpha value is -3.15. The van der Waals surface area contributed by atoms with Gasteiger partial charge in [0.2, 0.25) is 5.91 Å². The summed E-state index contributed by atoms with van der Waals surface area (Å²) in [7, 11) is 0. The molecule has 0 bridgehead atoms. The number of phenols is 1. The quantitative estimate of drug-likeness (QED) is 0.640. The zero-order valence-corrected chi connectivity index (χ0v) is 18.4. The Morgan fingerprint density at radius 1 is 1.16 bits per heavy atom. The van der Waals surface area contributed by atoms with E-state index in [1.165, 1.54) is 0 Å². The molecule has 1 saturated heterocycles. The van der Waals surface area contributed by atoms with Crippen molar-refractivity contribution in [3.8, 4) is 17.1 Å². The summed E-state index contributed by atoms with van der Waals surface area (Å²) in [6, 6.07) is 13.6. The van der Waals surface area contributed by atoms with Gasteiger partial charge in [0, 0.05) is 30.9 Å². The van der Waals surface area contributed by atoms with Crippen molar-refractivity contribution in [1.29, 1.82) is 0 Å². The van der Waals surface area contributed by atoms with Crippen LogP contribution in [0.1, 0.15) is 38.7 Å². The predicted octanol–water partition coefficient (Wildman–Crippen LogP) is 4.44. The third kappa shape index (κ3) is 4.79. The van der Waals surface area contributed by atoms with E-state index in [9.17, 15) is 9.90 Å². The van der Waals surface area contributed by atoms with Gasteiger partial charge in [0.15, 0.2) is 5.82 Å². The molecule has 1 aromatic heterocycles. The van der Waals surface area contributed by atoms with Gasteiger partial charge in [0.05, 0.1) is 11.1 Å².